The number of carbonyl (C=O) groups excluding carboxylic acids is 1. The van der Waals surface area contributed by atoms with Gasteiger partial charge in [0.2, 0.25) is 5.91 Å². The van der Waals surface area contributed by atoms with E-state index in [1.54, 1.807) is 7.11 Å². The number of amides is 1. The van der Waals surface area contributed by atoms with Crippen LogP contribution in [0.4, 0.5) is 0 Å². The lowest BCUT2D eigenvalue weighted by atomic mass is 9.91. The van der Waals surface area contributed by atoms with Crippen molar-refractivity contribution < 1.29 is 14.3 Å². The molecule has 3 rings (SSSR count). The fourth-order valence-electron chi connectivity index (χ4n) is 3.57. The van der Waals surface area contributed by atoms with Gasteiger partial charge in [0, 0.05) is 24.9 Å². The standard InChI is InChI=1S/C17H23NO3/c1-3-15(19)18-8-6-11-4-5-12-10-14(20-2)17-13(16(11)12)7-9-21-17/h10-11H,3-9H2,1-2H3,(H,18,19). The Hall–Kier alpha value is -1.71. The lowest BCUT2D eigenvalue weighted by molar-refractivity contribution is -0.120. The molecule has 4 heteroatoms. The third kappa shape index (κ3) is 2.59. The number of carbonyl (C=O) groups is 1. The van der Waals surface area contributed by atoms with Crippen molar-refractivity contribution >= 4 is 5.91 Å². The molecule has 4 nitrogen and oxygen atoms in total. The molecule has 0 bridgehead atoms. The van der Waals surface area contributed by atoms with Gasteiger partial charge in [0.15, 0.2) is 11.5 Å². The van der Waals surface area contributed by atoms with Gasteiger partial charge in [-0.05, 0) is 42.4 Å². The molecule has 1 heterocycles. The number of ether oxygens (including phenoxy) is 2. The minimum atomic E-state index is 0.136. The summed E-state index contributed by atoms with van der Waals surface area (Å²) < 4.78 is 11.2. The molecule has 0 spiro atoms. The summed E-state index contributed by atoms with van der Waals surface area (Å²) in [6.07, 6.45) is 4.81. The Morgan fingerprint density at radius 1 is 1.48 bits per heavy atom. The van der Waals surface area contributed by atoms with E-state index in [0.717, 1.165) is 50.3 Å². The predicted molar refractivity (Wildman–Crippen MR) is 81.2 cm³/mol. The highest BCUT2D eigenvalue weighted by Gasteiger charge is 2.31. The number of nitrogens with one attached hydrogen (secondary N) is 1. The van der Waals surface area contributed by atoms with Crippen molar-refractivity contribution in [1.82, 2.24) is 5.32 Å². The zero-order valence-electron chi connectivity index (χ0n) is 12.8. The van der Waals surface area contributed by atoms with Crippen molar-refractivity contribution in [2.24, 2.45) is 0 Å². The second-order valence-corrected chi connectivity index (χ2v) is 5.79. The molecule has 1 aromatic rings. The fraction of sp³-hybridized carbons (Fsp3) is 0.588. The molecular formula is C17H23NO3. The lowest BCUT2D eigenvalue weighted by Gasteiger charge is -2.17. The Labute approximate surface area is 125 Å². The number of benzene rings is 1. The van der Waals surface area contributed by atoms with Crippen LogP contribution in [-0.4, -0.2) is 26.2 Å². The van der Waals surface area contributed by atoms with Crippen LogP contribution in [0.2, 0.25) is 0 Å². The van der Waals surface area contributed by atoms with Crippen molar-refractivity contribution in [2.75, 3.05) is 20.3 Å². The number of hydrogen-bond donors (Lipinski definition) is 1. The quantitative estimate of drug-likeness (QED) is 0.906. The summed E-state index contributed by atoms with van der Waals surface area (Å²) in [4.78, 5) is 11.4. The fourth-order valence-corrected chi connectivity index (χ4v) is 3.57. The second kappa shape index (κ2) is 5.96. The predicted octanol–water partition coefficient (Wildman–Crippen LogP) is 2.58. The van der Waals surface area contributed by atoms with Crippen LogP contribution in [-0.2, 0) is 17.6 Å². The van der Waals surface area contributed by atoms with Gasteiger partial charge >= 0.3 is 0 Å². The molecule has 1 aliphatic heterocycles. The summed E-state index contributed by atoms with van der Waals surface area (Å²) in [7, 11) is 1.70. The van der Waals surface area contributed by atoms with E-state index >= 15 is 0 Å². The van der Waals surface area contributed by atoms with Crippen LogP contribution in [0, 0.1) is 0 Å². The molecular weight excluding hydrogens is 266 g/mol. The van der Waals surface area contributed by atoms with Gasteiger partial charge in [0.1, 0.15) is 0 Å². The zero-order chi connectivity index (χ0) is 14.8. The highest BCUT2D eigenvalue weighted by molar-refractivity contribution is 5.75. The van der Waals surface area contributed by atoms with E-state index < -0.39 is 0 Å². The lowest BCUT2D eigenvalue weighted by Crippen LogP contribution is -2.24. The molecule has 0 saturated heterocycles. The molecule has 1 unspecified atom stereocenters. The first kappa shape index (κ1) is 14.2. The van der Waals surface area contributed by atoms with Gasteiger partial charge in [0.05, 0.1) is 13.7 Å². The smallest absolute Gasteiger partial charge is 0.219 e. The average Bonchev–Trinajstić information content (AvgIpc) is 3.12. The molecule has 1 N–H and O–H groups in total. The first-order valence-electron chi connectivity index (χ1n) is 7.86. The molecule has 0 radical (unpaired) electrons. The molecule has 0 aromatic heterocycles. The number of aryl methyl sites for hydroxylation is 1. The monoisotopic (exact) mass is 289 g/mol. The van der Waals surface area contributed by atoms with Crippen LogP contribution in [0.5, 0.6) is 11.5 Å². The summed E-state index contributed by atoms with van der Waals surface area (Å²) in [5.41, 5.74) is 4.21. The van der Waals surface area contributed by atoms with Gasteiger partial charge in [0.25, 0.3) is 0 Å². The van der Waals surface area contributed by atoms with Crippen LogP contribution < -0.4 is 14.8 Å². The Morgan fingerprint density at radius 2 is 2.33 bits per heavy atom. The number of rotatable bonds is 5. The van der Waals surface area contributed by atoms with Gasteiger partial charge in [-0.1, -0.05) is 6.92 Å². The summed E-state index contributed by atoms with van der Waals surface area (Å²) in [5, 5.41) is 2.99. The molecule has 0 saturated carbocycles. The van der Waals surface area contributed by atoms with Crippen LogP contribution in [0.3, 0.4) is 0 Å². The Bertz CT molecular complexity index is 553. The van der Waals surface area contributed by atoms with Crippen LogP contribution in [0.1, 0.15) is 48.8 Å². The summed E-state index contributed by atoms with van der Waals surface area (Å²) in [6.45, 7) is 3.40. The average molecular weight is 289 g/mol. The van der Waals surface area contributed by atoms with E-state index in [2.05, 4.69) is 11.4 Å². The highest BCUT2D eigenvalue weighted by Crippen LogP contribution is 2.47. The maximum Gasteiger partial charge on any atom is 0.219 e. The van der Waals surface area contributed by atoms with Crippen molar-refractivity contribution in [3.8, 4) is 11.5 Å². The Morgan fingerprint density at radius 3 is 3.10 bits per heavy atom. The summed E-state index contributed by atoms with van der Waals surface area (Å²) in [5.74, 6) is 2.50. The maximum absolute atomic E-state index is 11.4. The van der Waals surface area contributed by atoms with E-state index in [4.69, 9.17) is 9.47 Å². The van der Waals surface area contributed by atoms with Gasteiger partial charge in [-0.15, -0.1) is 0 Å². The molecule has 0 fully saturated rings. The third-order valence-electron chi connectivity index (χ3n) is 4.60. The van der Waals surface area contributed by atoms with E-state index in [0.29, 0.717) is 12.3 Å². The zero-order valence-corrected chi connectivity index (χ0v) is 12.8. The Balaban J connectivity index is 1.79. The largest absolute Gasteiger partial charge is 0.493 e. The minimum absolute atomic E-state index is 0.136. The van der Waals surface area contributed by atoms with Crippen molar-refractivity contribution in [2.45, 2.75) is 44.9 Å². The summed E-state index contributed by atoms with van der Waals surface area (Å²) >= 11 is 0. The number of fused-ring (bicyclic) bond motifs is 3. The molecule has 114 valence electrons. The van der Waals surface area contributed by atoms with Crippen LogP contribution in [0.25, 0.3) is 0 Å². The van der Waals surface area contributed by atoms with Crippen molar-refractivity contribution in [3.05, 3.63) is 22.8 Å². The molecule has 1 aromatic carbocycles. The first-order chi connectivity index (χ1) is 10.2. The van der Waals surface area contributed by atoms with Gasteiger partial charge in [-0.25, -0.2) is 0 Å². The first-order valence-corrected chi connectivity index (χ1v) is 7.86. The van der Waals surface area contributed by atoms with Crippen molar-refractivity contribution in [3.63, 3.8) is 0 Å². The van der Waals surface area contributed by atoms with Crippen LogP contribution in [0.15, 0.2) is 6.07 Å². The second-order valence-electron chi connectivity index (χ2n) is 5.79. The molecule has 21 heavy (non-hydrogen) atoms. The topological polar surface area (TPSA) is 47.6 Å². The SMILES string of the molecule is CCC(=O)NCCC1CCc2cc(OC)c3c(c21)CCO3. The van der Waals surface area contributed by atoms with Gasteiger partial charge in [-0.2, -0.15) is 0 Å². The molecule has 2 aliphatic rings. The van der Waals surface area contributed by atoms with E-state index in [1.165, 1.54) is 16.7 Å². The third-order valence-corrected chi connectivity index (χ3v) is 4.60. The van der Waals surface area contributed by atoms with Gasteiger partial charge in [-0.3, -0.25) is 4.79 Å². The molecule has 1 atom stereocenters. The van der Waals surface area contributed by atoms with Gasteiger partial charge < -0.3 is 14.8 Å². The minimum Gasteiger partial charge on any atom is -0.493 e. The number of hydrogen-bond acceptors (Lipinski definition) is 3. The Kier molecular flexibility index (Phi) is 4.04. The van der Waals surface area contributed by atoms with E-state index in [9.17, 15) is 4.79 Å². The molecule has 1 amide bonds. The van der Waals surface area contributed by atoms with Crippen LogP contribution >= 0.6 is 0 Å². The molecule has 1 aliphatic carbocycles. The van der Waals surface area contributed by atoms with E-state index in [-0.39, 0.29) is 5.91 Å². The van der Waals surface area contributed by atoms with E-state index in [1.807, 2.05) is 6.92 Å². The normalized spacial score (nSPS) is 18.9. The van der Waals surface area contributed by atoms with Crippen molar-refractivity contribution in [1.29, 1.82) is 0 Å². The number of methoxy groups -OCH3 is 1. The maximum atomic E-state index is 11.4. The summed E-state index contributed by atoms with van der Waals surface area (Å²) in [6, 6.07) is 2.14. The highest BCUT2D eigenvalue weighted by atomic mass is 16.5.